The smallest absolute Gasteiger partial charge is 0.169 e. The Labute approximate surface area is 132 Å². The maximum Gasteiger partial charge on any atom is 0.169 e. The lowest BCUT2D eigenvalue weighted by molar-refractivity contribution is 0.381. The van der Waals surface area contributed by atoms with E-state index < -0.39 is 5.82 Å². The number of rotatable bonds is 6. The summed E-state index contributed by atoms with van der Waals surface area (Å²) in [5.74, 6) is 5.95. The van der Waals surface area contributed by atoms with Gasteiger partial charge in [0.25, 0.3) is 0 Å². The minimum atomic E-state index is -0.394. The van der Waals surface area contributed by atoms with Crippen LogP contribution in [0.25, 0.3) is 0 Å². The lowest BCUT2D eigenvalue weighted by Gasteiger charge is -2.18. The topological polar surface area (TPSA) is 47.3 Å². The fraction of sp³-hybridized carbons (Fsp3) is 0.200. The van der Waals surface area contributed by atoms with Gasteiger partial charge >= 0.3 is 0 Å². The summed E-state index contributed by atoms with van der Waals surface area (Å²) in [7, 11) is 1.44. The quantitative estimate of drug-likeness (QED) is 0.482. The summed E-state index contributed by atoms with van der Waals surface area (Å²) >= 11 is 7.50. The summed E-state index contributed by atoms with van der Waals surface area (Å²) in [5, 5.41) is 0.671. The van der Waals surface area contributed by atoms with Gasteiger partial charge in [-0.3, -0.25) is 11.3 Å². The summed E-state index contributed by atoms with van der Waals surface area (Å²) < 4.78 is 19.2. The van der Waals surface area contributed by atoms with E-state index in [1.54, 1.807) is 30.0 Å². The van der Waals surface area contributed by atoms with Gasteiger partial charge in [-0.25, -0.2) is 4.39 Å². The van der Waals surface area contributed by atoms with E-state index >= 15 is 0 Å². The lowest BCUT2D eigenvalue weighted by atomic mass is 10.1. The van der Waals surface area contributed by atoms with Crippen LogP contribution in [0.15, 0.2) is 47.4 Å². The Hall–Kier alpha value is -1.27. The van der Waals surface area contributed by atoms with E-state index in [1.807, 2.05) is 24.3 Å². The third-order valence-electron chi connectivity index (χ3n) is 3.00. The van der Waals surface area contributed by atoms with Gasteiger partial charge in [0, 0.05) is 21.2 Å². The number of nitrogens with two attached hydrogens (primary N) is 1. The van der Waals surface area contributed by atoms with Gasteiger partial charge in [-0.15, -0.1) is 11.8 Å². The fourth-order valence-electron chi connectivity index (χ4n) is 1.92. The van der Waals surface area contributed by atoms with Crippen molar-refractivity contribution in [3.05, 3.63) is 58.9 Å². The van der Waals surface area contributed by atoms with Gasteiger partial charge in [-0.05, 0) is 24.3 Å². The number of hydrogen-bond acceptors (Lipinski definition) is 4. The van der Waals surface area contributed by atoms with Crippen molar-refractivity contribution in [3.63, 3.8) is 0 Å². The molecule has 3 nitrogen and oxygen atoms in total. The summed E-state index contributed by atoms with van der Waals surface area (Å²) in [4.78, 5) is 1.01. The van der Waals surface area contributed by atoms with Gasteiger partial charge < -0.3 is 4.74 Å². The number of thioether (sulfide) groups is 1. The van der Waals surface area contributed by atoms with E-state index in [-0.39, 0.29) is 11.8 Å². The molecule has 112 valence electrons. The average molecular weight is 327 g/mol. The normalized spacial score (nSPS) is 12.2. The van der Waals surface area contributed by atoms with E-state index in [9.17, 15) is 4.39 Å². The second-order valence-corrected chi connectivity index (χ2v) is 5.88. The predicted octanol–water partition coefficient (Wildman–Crippen LogP) is 3.78. The molecule has 2 rings (SSSR count). The number of nitrogens with one attached hydrogen (secondary N) is 1. The molecule has 0 radical (unpaired) electrons. The first-order valence-electron chi connectivity index (χ1n) is 6.32. The molecule has 6 heteroatoms. The molecular formula is C15H16ClFN2OS. The lowest BCUT2D eigenvalue weighted by Crippen LogP contribution is -2.30. The Morgan fingerprint density at radius 3 is 2.76 bits per heavy atom. The second kappa shape index (κ2) is 7.66. The molecule has 2 aromatic rings. The van der Waals surface area contributed by atoms with E-state index in [1.165, 1.54) is 7.11 Å². The molecule has 2 aromatic carbocycles. The van der Waals surface area contributed by atoms with Crippen molar-refractivity contribution >= 4 is 23.4 Å². The Kier molecular flexibility index (Phi) is 5.87. The predicted molar refractivity (Wildman–Crippen MR) is 85.2 cm³/mol. The molecule has 0 bridgehead atoms. The molecule has 0 fully saturated rings. The largest absolute Gasteiger partial charge is 0.494 e. The van der Waals surface area contributed by atoms with Crippen LogP contribution < -0.4 is 16.0 Å². The van der Waals surface area contributed by atoms with Crippen molar-refractivity contribution in [1.82, 2.24) is 5.43 Å². The molecule has 0 saturated heterocycles. The summed E-state index contributed by atoms with van der Waals surface area (Å²) in [5.41, 5.74) is 3.12. The summed E-state index contributed by atoms with van der Waals surface area (Å²) in [6.45, 7) is 0. The molecule has 0 aliphatic heterocycles. The number of hydrazine groups is 1. The second-order valence-electron chi connectivity index (χ2n) is 4.35. The molecule has 0 aliphatic carbocycles. The number of hydrogen-bond donors (Lipinski definition) is 2. The van der Waals surface area contributed by atoms with Crippen molar-refractivity contribution in [2.45, 2.75) is 10.9 Å². The van der Waals surface area contributed by atoms with Crippen molar-refractivity contribution in [2.75, 3.05) is 12.9 Å². The number of halogens is 2. The van der Waals surface area contributed by atoms with Crippen LogP contribution >= 0.6 is 23.4 Å². The van der Waals surface area contributed by atoms with Gasteiger partial charge in [-0.2, -0.15) is 0 Å². The number of methoxy groups -OCH3 is 1. The Morgan fingerprint density at radius 2 is 2.10 bits per heavy atom. The first kappa shape index (κ1) is 16.1. The zero-order valence-corrected chi connectivity index (χ0v) is 13.0. The molecule has 1 atom stereocenters. The zero-order chi connectivity index (χ0) is 15.2. The monoisotopic (exact) mass is 326 g/mol. The maximum absolute atomic E-state index is 14.2. The van der Waals surface area contributed by atoms with E-state index in [0.717, 1.165) is 4.90 Å². The van der Waals surface area contributed by atoms with Crippen molar-refractivity contribution in [2.24, 2.45) is 5.84 Å². The van der Waals surface area contributed by atoms with Crippen LogP contribution in [-0.2, 0) is 0 Å². The molecule has 0 spiro atoms. The molecule has 0 heterocycles. The average Bonchev–Trinajstić information content (AvgIpc) is 2.49. The van der Waals surface area contributed by atoms with Crippen LogP contribution in [0.3, 0.4) is 0 Å². The Morgan fingerprint density at radius 1 is 1.33 bits per heavy atom. The minimum absolute atomic E-state index is 0.209. The van der Waals surface area contributed by atoms with E-state index in [4.69, 9.17) is 22.2 Å². The minimum Gasteiger partial charge on any atom is -0.494 e. The molecule has 3 N–H and O–H groups in total. The van der Waals surface area contributed by atoms with Gasteiger partial charge in [-0.1, -0.05) is 29.8 Å². The van der Waals surface area contributed by atoms with Crippen LogP contribution in [0.4, 0.5) is 4.39 Å². The molecule has 0 saturated carbocycles. The first-order chi connectivity index (χ1) is 10.2. The van der Waals surface area contributed by atoms with Crippen molar-refractivity contribution in [1.29, 1.82) is 0 Å². The van der Waals surface area contributed by atoms with Gasteiger partial charge in [0.2, 0.25) is 0 Å². The van der Waals surface area contributed by atoms with Crippen LogP contribution in [0, 0.1) is 5.82 Å². The highest BCUT2D eigenvalue weighted by atomic mass is 35.5. The first-order valence-corrected chi connectivity index (χ1v) is 7.69. The van der Waals surface area contributed by atoms with Crippen LogP contribution in [0.2, 0.25) is 5.02 Å². The van der Waals surface area contributed by atoms with Gasteiger partial charge in [0.15, 0.2) is 11.6 Å². The van der Waals surface area contributed by atoms with Gasteiger partial charge in [0.05, 0.1) is 13.2 Å². The zero-order valence-electron chi connectivity index (χ0n) is 11.5. The van der Waals surface area contributed by atoms with Crippen LogP contribution in [0.5, 0.6) is 5.75 Å². The number of benzene rings is 2. The van der Waals surface area contributed by atoms with Crippen LogP contribution in [0.1, 0.15) is 11.6 Å². The van der Waals surface area contributed by atoms with Crippen LogP contribution in [-0.4, -0.2) is 12.9 Å². The van der Waals surface area contributed by atoms with E-state index in [2.05, 4.69) is 5.43 Å². The standard InChI is InChI=1S/C15H16ClFN2OS/c1-20-14-7-3-6-12(15(14)17)13(19-18)9-21-11-5-2-4-10(16)8-11/h2-8,13,19H,9,18H2,1H3. The molecule has 21 heavy (non-hydrogen) atoms. The highest BCUT2D eigenvalue weighted by Gasteiger charge is 2.17. The van der Waals surface area contributed by atoms with E-state index in [0.29, 0.717) is 16.3 Å². The fourth-order valence-corrected chi connectivity index (χ4v) is 3.19. The third kappa shape index (κ3) is 4.11. The molecule has 0 amide bonds. The van der Waals surface area contributed by atoms with Crippen molar-refractivity contribution in [3.8, 4) is 5.75 Å². The SMILES string of the molecule is COc1cccc(C(CSc2cccc(Cl)c2)NN)c1F. The molecule has 1 unspecified atom stereocenters. The third-order valence-corrected chi connectivity index (χ3v) is 4.32. The Bertz CT molecular complexity index is 612. The molecular weight excluding hydrogens is 311 g/mol. The number of ether oxygens (including phenoxy) is 1. The highest BCUT2D eigenvalue weighted by Crippen LogP contribution is 2.30. The highest BCUT2D eigenvalue weighted by molar-refractivity contribution is 7.99. The van der Waals surface area contributed by atoms with Crippen molar-refractivity contribution < 1.29 is 9.13 Å². The Balaban J connectivity index is 2.13. The molecule has 0 aliphatic rings. The maximum atomic E-state index is 14.2. The summed E-state index contributed by atoms with van der Waals surface area (Å²) in [6, 6.07) is 12.2. The summed E-state index contributed by atoms with van der Waals surface area (Å²) in [6.07, 6.45) is 0. The molecule has 0 aromatic heterocycles. The van der Waals surface area contributed by atoms with Gasteiger partial charge in [0.1, 0.15) is 0 Å².